The van der Waals surface area contributed by atoms with Gasteiger partial charge in [0, 0.05) is 25.6 Å². The van der Waals surface area contributed by atoms with Crippen LogP contribution in [0.25, 0.3) is 0 Å². The van der Waals surface area contributed by atoms with Crippen molar-refractivity contribution in [3.8, 4) is 0 Å². The number of sulfonamides is 1. The van der Waals surface area contributed by atoms with E-state index in [2.05, 4.69) is 5.32 Å². The van der Waals surface area contributed by atoms with Gasteiger partial charge in [-0.15, -0.1) is 0 Å². The molecule has 3 rings (SSSR count). The molecule has 1 fully saturated rings. The third-order valence-corrected chi connectivity index (χ3v) is 8.27. The van der Waals surface area contributed by atoms with E-state index in [-0.39, 0.29) is 30.8 Å². The summed E-state index contributed by atoms with van der Waals surface area (Å²) >= 11 is 0. The van der Waals surface area contributed by atoms with Crippen LogP contribution in [0.1, 0.15) is 67.7 Å². The third-order valence-electron chi connectivity index (χ3n) is 7.09. The van der Waals surface area contributed by atoms with Crippen molar-refractivity contribution in [3.63, 3.8) is 0 Å². The zero-order chi connectivity index (χ0) is 27.2. The number of anilines is 1. The summed E-state index contributed by atoms with van der Waals surface area (Å²) in [5.41, 5.74) is 4.51. The summed E-state index contributed by atoms with van der Waals surface area (Å²) in [6.07, 6.45) is 5.86. The number of rotatable bonds is 11. The highest BCUT2D eigenvalue weighted by Gasteiger charge is 2.29. The Morgan fingerprint density at radius 3 is 2.35 bits per heavy atom. The molecule has 2 amide bonds. The number of benzene rings is 2. The van der Waals surface area contributed by atoms with Gasteiger partial charge in [-0.2, -0.15) is 0 Å². The second-order valence-corrected chi connectivity index (χ2v) is 12.3. The normalized spacial score (nSPS) is 14.8. The molecule has 0 aromatic heterocycles. The fourth-order valence-electron chi connectivity index (χ4n) is 4.95. The fraction of sp³-hybridized carbons (Fsp3) is 0.517. The van der Waals surface area contributed by atoms with Crippen molar-refractivity contribution in [1.82, 2.24) is 10.2 Å². The first-order chi connectivity index (χ1) is 17.5. The molecule has 2 aromatic rings. The van der Waals surface area contributed by atoms with Crippen LogP contribution in [0.2, 0.25) is 0 Å². The summed E-state index contributed by atoms with van der Waals surface area (Å²) in [5.74, 6) is -0.300. The predicted octanol–water partition coefficient (Wildman–Crippen LogP) is 4.63. The van der Waals surface area contributed by atoms with E-state index in [0.29, 0.717) is 18.7 Å². The van der Waals surface area contributed by atoms with Crippen LogP contribution in [0.15, 0.2) is 42.5 Å². The van der Waals surface area contributed by atoms with Gasteiger partial charge in [-0.25, -0.2) is 8.42 Å². The van der Waals surface area contributed by atoms with E-state index in [1.165, 1.54) is 10.6 Å². The SMILES string of the molecule is Cc1cccc(CN(C(=O)CCCN(c2cc(C)ccc2C)S(C)(=O)=O)[C@@H](C)C(=O)NC2CCCC2)c1. The largest absolute Gasteiger partial charge is 0.352 e. The molecule has 0 unspecified atom stereocenters. The number of hydrogen-bond acceptors (Lipinski definition) is 4. The Morgan fingerprint density at radius 2 is 1.70 bits per heavy atom. The Kier molecular flexibility index (Phi) is 9.76. The molecule has 1 saturated carbocycles. The van der Waals surface area contributed by atoms with Crippen LogP contribution < -0.4 is 9.62 Å². The van der Waals surface area contributed by atoms with E-state index in [1.54, 1.807) is 11.8 Å². The van der Waals surface area contributed by atoms with E-state index in [1.807, 2.05) is 63.2 Å². The topological polar surface area (TPSA) is 86.8 Å². The van der Waals surface area contributed by atoms with Gasteiger partial charge in [-0.05, 0) is 69.7 Å². The van der Waals surface area contributed by atoms with Gasteiger partial charge >= 0.3 is 0 Å². The highest BCUT2D eigenvalue weighted by Crippen LogP contribution is 2.25. The first-order valence-corrected chi connectivity index (χ1v) is 15.0. The first-order valence-electron chi connectivity index (χ1n) is 13.2. The summed E-state index contributed by atoms with van der Waals surface area (Å²) < 4.78 is 26.6. The zero-order valence-electron chi connectivity index (χ0n) is 22.8. The van der Waals surface area contributed by atoms with Crippen molar-refractivity contribution in [3.05, 3.63) is 64.7 Å². The number of carbonyl (C=O) groups is 2. The van der Waals surface area contributed by atoms with Crippen molar-refractivity contribution in [1.29, 1.82) is 0 Å². The van der Waals surface area contributed by atoms with Crippen LogP contribution >= 0.6 is 0 Å². The Labute approximate surface area is 222 Å². The summed E-state index contributed by atoms with van der Waals surface area (Å²) in [4.78, 5) is 28.2. The molecule has 0 spiro atoms. The fourth-order valence-corrected chi connectivity index (χ4v) is 5.97. The van der Waals surface area contributed by atoms with Gasteiger partial charge in [0.05, 0.1) is 11.9 Å². The number of nitrogens with one attached hydrogen (secondary N) is 1. The molecule has 0 heterocycles. The number of amides is 2. The minimum Gasteiger partial charge on any atom is -0.352 e. The maximum Gasteiger partial charge on any atom is 0.242 e. The molecule has 202 valence electrons. The minimum atomic E-state index is -3.53. The van der Waals surface area contributed by atoms with Gasteiger partial charge in [0.2, 0.25) is 21.8 Å². The molecule has 7 nitrogen and oxygen atoms in total. The lowest BCUT2D eigenvalue weighted by Crippen LogP contribution is -2.49. The lowest BCUT2D eigenvalue weighted by molar-refractivity contribution is -0.141. The molecule has 0 bridgehead atoms. The average molecular weight is 528 g/mol. The summed E-state index contributed by atoms with van der Waals surface area (Å²) in [6, 6.07) is 13.2. The molecule has 0 radical (unpaired) electrons. The van der Waals surface area contributed by atoms with Crippen LogP contribution in [-0.2, 0) is 26.2 Å². The lowest BCUT2D eigenvalue weighted by atomic mass is 10.1. The molecular weight excluding hydrogens is 486 g/mol. The van der Waals surface area contributed by atoms with Crippen molar-refractivity contribution in [2.75, 3.05) is 17.1 Å². The summed E-state index contributed by atoms with van der Waals surface area (Å²) in [5, 5.41) is 3.12. The van der Waals surface area contributed by atoms with Crippen LogP contribution in [0.4, 0.5) is 5.69 Å². The van der Waals surface area contributed by atoms with Crippen molar-refractivity contribution >= 4 is 27.5 Å². The van der Waals surface area contributed by atoms with E-state index in [4.69, 9.17) is 0 Å². The predicted molar refractivity (Wildman–Crippen MR) is 149 cm³/mol. The monoisotopic (exact) mass is 527 g/mol. The van der Waals surface area contributed by atoms with Gasteiger partial charge in [-0.3, -0.25) is 13.9 Å². The molecule has 0 saturated heterocycles. The standard InChI is InChI=1S/C29H41N3O4S/c1-21-10-8-11-25(18-21)20-31(24(4)29(34)30-26-12-6-7-13-26)28(33)14-9-17-32(37(5,35)36)27-19-22(2)15-16-23(27)3/h8,10-11,15-16,18-19,24,26H,6-7,9,12-14,17,20H2,1-5H3,(H,30,34)/t24-/m0/s1. The lowest BCUT2D eigenvalue weighted by Gasteiger charge is -2.30. The van der Waals surface area contributed by atoms with Crippen molar-refractivity contribution < 1.29 is 18.0 Å². The smallest absolute Gasteiger partial charge is 0.242 e. The van der Waals surface area contributed by atoms with Gasteiger partial charge in [-0.1, -0.05) is 54.8 Å². The summed E-state index contributed by atoms with van der Waals surface area (Å²) in [6.45, 7) is 8.10. The Morgan fingerprint density at radius 1 is 1.03 bits per heavy atom. The summed E-state index contributed by atoms with van der Waals surface area (Å²) in [7, 11) is -3.53. The van der Waals surface area contributed by atoms with Crippen molar-refractivity contribution in [2.45, 2.75) is 84.8 Å². The van der Waals surface area contributed by atoms with E-state index in [9.17, 15) is 18.0 Å². The molecule has 0 aliphatic heterocycles. The van der Waals surface area contributed by atoms with Crippen LogP contribution in [0, 0.1) is 20.8 Å². The van der Waals surface area contributed by atoms with Crippen LogP contribution in [-0.4, -0.2) is 50.0 Å². The van der Waals surface area contributed by atoms with E-state index < -0.39 is 16.1 Å². The average Bonchev–Trinajstić information content (AvgIpc) is 3.34. The van der Waals surface area contributed by atoms with Crippen LogP contribution in [0.5, 0.6) is 0 Å². The maximum absolute atomic E-state index is 13.5. The second-order valence-electron chi connectivity index (χ2n) is 10.4. The highest BCUT2D eigenvalue weighted by molar-refractivity contribution is 7.92. The maximum atomic E-state index is 13.5. The van der Waals surface area contributed by atoms with Gasteiger partial charge in [0.15, 0.2) is 0 Å². The molecule has 1 aliphatic rings. The quantitative estimate of drug-likeness (QED) is 0.461. The molecule has 37 heavy (non-hydrogen) atoms. The van der Waals surface area contributed by atoms with Crippen LogP contribution in [0.3, 0.4) is 0 Å². The molecular formula is C29H41N3O4S. The number of aryl methyl sites for hydroxylation is 3. The van der Waals surface area contributed by atoms with Gasteiger partial charge < -0.3 is 10.2 Å². The third kappa shape index (κ3) is 8.06. The second kappa shape index (κ2) is 12.6. The van der Waals surface area contributed by atoms with E-state index >= 15 is 0 Å². The highest BCUT2D eigenvalue weighted by atomic mass is 32.2. The Hall–Kier alpha value is -2.87. The Balaban J connectivity index is 1.74. The van der Waals surface area contributed by atoms with Gasteiger partial charge in [0.25, 0.3) is 0 Å². The van der Waals surface area contributed by atoms with Crippen molar-refractivity contribution in [2.24, 2.45) is 0 Å². The Bertz CT molecular complexity index is 1210. The number of nitrogens with zero attached hydrogens (tertiary/aromatic N) is 2. The molecule has 2 aromatic carbocycles. The zero-order valence-corrected chi connectivity index (χ0v) is 23.6. The number of hydrogen-bond donors (Lipinski definition) is 1. The molecule has 8 heteroatoms. The minimum absolute atomic E-state index is 0.138. The number of carbonyl (C=O) groups excluding carboxylic acids is 2. The molecule has 1 aliphatic carbocycles. The molecule has 1 atom stereocenters. The first kappa shape index (κ1) is 28.7. The van der Waals surface area contributed by atoms with Gasteiger partial charge in [0.1, 0.15) is 6.04 Å². The molecule has 1 N–H and O–H groups in total. The van der Waals surface area contributed by atoms with E-state index in [0.717, 1.165) is 47.9 Å².